The minimum atomic E-state index is -0.213. The number of aromatic amines is 1. The van der Waals surface area contributed by atoms with E-state index >= 15 is 0 Å². The third-order valence-corrected chi connectivity index (χ3v) is 6.07. The number of hydrogen-bond acceptors (Lipinski definition) is 5. The Hall–Kier alpha value is -4.06. The van der Waals surface area contributed by atoms with E-state index in [1.54, 1.807) is 6.08 Å². The molecule has 4 aromatic rings. The van der Waals surface area contributed by atoms with Crippen molar-refractivity contribution >= 4 is 5.71 Å². The minimum absolute atomic E-state index is 0.0212. The largest absolute Gasteiger partial charge is 0.402 e. The Morgan fingerprint density at radius 3 is 1.94 bits per heavy atom. The summed E-state index contributed by atoms with van der Waals surface area (Å²) in [5.74, 6) is 0. The van der Waals surface area contributed by atoms with Gasteiger partial charge in [-0.1, -0.05) is 77.9 Å². The van der Waals surface area contributed by atoms with Crippen LogP contribution in [0.1, 0.15) is 52.9 Å². The summed E-state index contributed by atoms with van der Waals surface area (Å²) in [7, 11) is 0. The SMILES string of the molecule is CC(C)(C)C(N)=CC(=N)c1cccc(-c2ccccc2-c2cccc(-c3cc(C(C)(C)C)[nH]n3)n2)n1. The summed E-state index contributed by atoms with van der Waals surface area (Å²) in [6, 6.07) is 21.8. The molecule has 0 bridgehead atoms. The van der Waals surface area contributed by atoms with E-state index in [0.717, 1.165) is 39.6 Å². The molecule has 184 valence electrons. The van der Waals surface area contributed by atoms with Crippen LogP contribution in [0, 0.1) is 10.8 Å². The van der Waals surface area contributed by atoms with Crippen LogP contribution in [0.5, 0.6) is 0 Å². The molecular weight excluding hydrogens is 444 g/mol. The van der Waals surface area contributed by atoms with Crippen LogP contribution in [0.3, 0.4) is 0 Å². The highest BCUT2D eigenvalue weighted by Gasteiger charge is 2.19. The van der Waals surface area contributed by atoms with E-state index in [0.29, 0.717) is 11.4 Å². The summed E-state index contributed by atoms with van der Waals surface area (Å²) in [6.07, 6.45) is 1.69. The maximum Gasteiger partial charge on any atom is 0.111 e. The number of nitrogens with two attached hydrogens (primary N) is 1. The number of nitrogens with one attached hydrogen (secondary N) is 2. The normalized spacial score (nSPS) is 12.6. The molecule has 0 saturated heterocycles. The third-order valence-electron chi connectivity index (χ3n) is 6.07. The number of pyridine rings is 2. The summed E-state index contributed by atoms with van der Waals surface area (Å²) < 4.78 is 0. The van der Waals surface area contributed by atoms with Gasteiger partial charge < -0.3 is 5.73 Å². The molecule has 36 heavy (non-hydrogen) atoms. The molecule has 3 aromatic heterocycles. The lowest BCUT2D eigenvalue weighted by molar-refractivity contribution is 0.498. The first kappa shape index (κ1) is 25.0. The van der Waals surface area contributed by atoms with Gasteiger partial charge in [0, 0.05) is 33.3 Å². The van der Waals surface area contributed by atoms with Gasteiger partial charge in [0.05, 0.1) is 28.5 Å². The summed E-state index contributed by atoms with van der Waals surface area (Å²) in [5.41, 5.74) is 13.7. The van der Waals surface area contributed by atoms with Gasteiger partial charge in [-0.15, -0.1) is 0 Å². The Labute approximate surface area is 213 Å². The molecule has 0 aliphatic heterocycles. The zero-order chi connectivity index (χ0) is 26.1. The second kappa shape index (κ2) is 9.53. The van der Waals surface area contributed by atoms with Crippen molar-refractivity contribution in [2.24, 2.45) is 11.1 Å². The molecule has 6 nitrogen and oxygen atoms in total. The fourth-order valence-corrected chi connectivity index (χ4v) is 3.68. The highest BCUT2D eigenvalue weighted by molar-refractivity contribution is 6.05. The lowest BCUT2D eigenvalue weighted by atomic mass is 9.91. The molecule has 0 fully saturated rings. The van der Waals surface area contributed by atoms with Crippen molar-refractivity contribution in [2.75, 3.05) is 0 Å². The zero-order valence-corrected chi connectivity index (χ0v) is 21.8. The van der Waals surface area contributed by atoms with Crippen molar-refractivity contribution in [1.82, 2.24) is 20.2 Å². The van der Waals surface area contributed by atoms with Crippen molar-refractivity contribution in [2.45, 2.75) is 47.0 Å². The van der Waals surface area contributed by atoms with Gasteiger partial charge in [-0.3, -0.25) is 10.5 Å². The first-order chi connectivity index (χ1) is 16.9. The van der Waals surface area contributed by atoms with Crippen LogP contribution in [-0.2, 0) is 5.41 Å². The van der Waals surface area contributed by atoms with E-state index in [-0.39, 0.29) is 16.5 Å². The molecule has 0 aliphatic carbocycles. The maximum absolute atomic E-state index is 8.55. The number of hydrogen-bond donors (Lipinski definition) is 3. The van der Waals surface area contributed by atoms with Crippen LogP contribution in [-0.4, -0.2) is 25.9 Å². The molecule has 0 unspecified atom stereocenters. The van der Waals surface area contributed by atoms with E-state index in [1.165, 1.54) is 0 Å². The minimum Gasteiger partial charge on any atom is -0.402 e. The summed E-state index contributed by atoms with van der Waals surface area (Å²) >= 11 is 0. The fraction of sp³-hybridized carbons (Fsp3) is 0.267. The van der Waals surface area contributed by atoms with Gasteiger partial charge in [0.1, 0.15) is 5.69 Å². The molecular formula is C30H34N6. The Kier molecular flexibility index (Phi) is 6.63. The van der Waals surface area contributed by atoms with Crippen molar-refractivity contribution in [3.05, 3.63) is 89.9 Å². The maximum atomic E-state index is 8.55. The first-order valence-corrected chi connectivity index (χ1v) is 12.1. The van der Waals surface area contributed by atoms with Gasteiger partial charge in [0.2, 0.25) is 0 Å². The summed E-state index contributed by atoms with van der Waals surface area (Å²) in [4.78, 5) is 9.75. The molecule has 6 heteroatoms. The quantitative estimate of drug-likeness (QED) is 0.276. The van der Waals surface area contributed by atoms with Gasteiger partial charge in [-0.25, -0.2) is 9.97 Å². The van der Waals surface area contributed by atoms with Crippen molar-refractivity contribution in [3.8, 4) is 33.9 Å². The highest BCUT2D eigenvalue weighted by atomic mass is 15.1. The number of rotatable bonds is 5. The van der Waals surface area contributed by atoms with Crippen LogP contribution in [0.4, 0.5) is 0 Å². The zero-order valence-electron chi connectivity index (χ0n) is 21.8. The number of nitrogens with zero attached hydrogens (tertiary/aromatic N) is 3. The predicted octanol–water partition coefficient (Wildman–Crippen LogP) is 6.75. The van der Waals surface area contributed by atoms with Gasteiger partial charge in [-0.2, -0.15) is 5.10 Å². The van der Waals surface area contributed by atoms with Crippen LogP contribution in [0.25, 0.3) is 33.9 Å². The van der Waals surface area contributed by atoms with E-state index in [4.69, 9.17) is 21.1 Å². The number of H-pyrrole nitrogens is 1. The monoisotopic (exact) mass is 478 g/mol. The molecule has 3 heterocycles. The van der Waals surface area contributed by atoms with E-state index < -0.39 is 0 Å². The van der Waals surface area contributed by atoms with Gasteiger partial charge in [-0.05, 0) is 36.4 Å². The van der Waals surface area contributed by atoms with Crippen LogP contribution in [0.2, 0.25) is 0 Å². The smallest absolute Gasteiger partial charge is 0.111 e. The van der Waals surface area contributed by atoms with E-state index in [1.807, 2.05) is 81.4 Å². The molecule has 4 N–H and O–H groups in total. The Balaban J connectivity index is 1.72. The number of aromatic nitrogens is 4. The van der Waals surface area contributed by atoms with Gasteiger partial charge in [0.25, 0.3) is 0 Å². The second-order valence-electron chi connectivity index (χ2n) is 11.0. The van der Waals surface area contributed by atoms with Crippen LogP contribution in [0.15, 0.2) is 78.5 Å². The molecule has 4 rings (SSSR count). The lowest BCUT2D eigenvalue weighted by Gasteiger charge is -2.19. The molecule has 0 spiro atoms. The van der Waals surface area contributed by atoms with Gasteiger partial charge in [0.15, 0.2) is 0 Å². The Bertz CT molecular complexity index is 1430. The standard InChI is InChI=1S/C30H34N6/c1-29(2,3)27(32)17-21(31)24-15-9-13-22(33-24)19-11-7-8-12-20(19)23-14-10-16-25(34-23)26-18-28(36-35-26)30(4,5)6/h7-18,31H,32H2,1-6H3,(H,35,36). The average Bonchev–Trinajstić information content (AvgIpc) is 3.35. The number of benzene rings is 1. The second-order valence-corrected chi connectivity index (χ2v) is 11.0. The fourth-order valence-electron chi connectivity index (χ4n) is 3.68. The van der Waals surface area contributed by atoms with Gasteiger partial charge >= 0.3 is 0 Å². The number of allylic oxidation sites excluding steroid dienone is 2. The molecule has 0 saturated carbocycles. The molecule has 0 atom stereocenters. The third kappa shape index (κ3) is 5.43. The molecule has 0 aliphatic rings. The molecule has 0 radical (unpaired) electrons. The van der Waals surface area contributed by atoms with Crippen molar-refractivity contribution < 1.29 is 0 Å². The first-order valence-electron chi connectivity index (χ1n) is 12.1. The highest BCUT2D eigenvalue weighted by Crippen LogP contribution is 2.32. The molecule has 0 amide bonds. The summed E-state index contributed by atoms with van der Waals surface area (Å²) in [5, 5.41) is 16.2. The van der Waals surface area contributed by atoms with Crippen molar-refractivity contribution in [3.63, 3.8) is 0 Å². The lowest BCUT2D eigenvalue weighted by Crippen LogP contribution is -2.18. The predicted molar refractivity (Wildman–Crippen MR) is 148 cm³/mol. The van der Waals surface area contributed by atoms with E-state index in [2.05, 4.69) is 37.0 Å². The van der Waals surface area contributed by atoms with Crippen molar-refractivity contribution in [1.29, 1.82) is 5.41 Å². The Morgan fingerprint density at radius 1 is 0.778 bits per heavy atom. The van der Waals surface area contributed by atoms with E-state index in [9.17, 15) is 0 Å². The summed E-state index contributed by atoms with van der Waals surface area (Å²) in [6.45, 7) is 12.5. The molecule has 1 aromatic carbocycles. The Morgan fingerprint density at radius 2 is 1.36 bits per heavy atom. The van der Waals surface area contributed by atoms with Crippen LogP contribution >= 0.6 is 0 Å². The van der Waals surface area contributed by atoms with Crippen LogP contribution < -0.4 is 5.73 Å². The topological polar surface area (TPSA) is 104 Å². The average molecular weight is 479 g/mol.